The number of hydrogen-bond acceptors (Lipinski definition) is 1. The lowest BCUT2D eigenvalue weighted by molar-refractivity contribution is -0.110. The van der Waals surface area contributed by atoms with Gasteiger partial charge in [0.25, 0.3) is 5.92 Å². The van der Waals surface area contributed by atoms with Gasteiger partial charge in [0.05, 0.1) is 0 Å². The molecule has 1 rings (SSSR count). The molecule has 0 aromatic carbocycles. The van der Waals surface area contributed by atoms with Gasteiger partial charge in [-0.05, 0) is 18.8 Å². The summed E-state index contributed by atoms with van der Waals surface area (Å²) in [6, 6.07) is 0. The molecule has 0 heterocycles. The van der Waals surface area contributed by atoms with Crippen LogP contribution in [0.4, 0.5) is 8.78 Å². The van der Waals surface area contributed by atoms with Crippen LogP contribution < -0.4 is 0 Å². The first-order valence-electron chi connectivity index (χ1n) is 4.56. The molecule has 0 aliphatic heterocycles. The van der Waals surface area contributed by atoms with Crippen LogP contribution in [0.3, 0.4) is 0 Å². The molecule has 1 aliphatic rings. The van der Waals surface area contributed by atoms with Crippen molar-refractivity contribution in [3.8, 4) is 0 Å². The Morgan fingerprint density at radius 1 is 1.50 bits per heavy atom. The molecule has 3 heteroatoms. The average molecular weight is 178 g/mol. The van der Waals surface area contributed by atoms with Gasteiger partial charge >= 0.3 is 0 Å². The Bertz CT molecular complexity index is 147. The van der Waals surface area contributed by atoms with Crippen LogP contribution >= 0.6 is 0 Å². The van der Waals surface area contributed by atoms with Gasteiger partial charge in [-0.3, -0.25) is 0 Å². The van der Waals surface area contributed by atoms with Gasteiger partial charge in [-0.25, -0.2) is 8.78 Å². The summed E-state index contributed by atoms with van der Waals surface area (Å²) in [6.45, 7) is 1.57. The van der Waals surface area contributed by atoms with Crippen molar-refractivity contribution < 1.29 is 13.9 Å². The Balaban J connectivity index is 2.59. The Labute approximate surface area is 71.8 Å². The highest BCUT2D eigenvalue weighted by molar-refractivity contribution is 4.84. The zero-order valence-corrected chi connectivity index (χ0v) is 7.39. The van der Waals surface area contributed by atoms with Crippen molar-refractivity contribution in [2.75, 3.05) is 6.61 Å². The Kier molecular flexibility index (Phi) is 3.04. The van der Waals surface area contributed by atoms with Gasteiger partial charge in [0.2, 0.25) is 0 Å². The van der Waals surface area contributed by atoms with Gasteiger partial charge in [-0.1, -0.05) is 13.3 Å². The largest absolute Gasteiger partial charge is 0.396 e. The third kappa shape index (κ3) is 1.94. The van der Waals surface area contributed by atoms with Crippen LogP contribution in [0.1, 0.15) is 32.6 Å². The Hall–Kier alpha value is -0.180. The maximum Gasteiger partial charge on any atom is 0.251 e. The maximum atomic E-state index is 13.2. The molecule has 72 valence electrons. The average Bonchev–Trinajstić information content (AvgIpc) is 2.02. The molecule has 0 bridgehead atoms. The molecule has 1 N–H and O–H groups in total. The van der Waals surface area contributed by atoms with E-state index in [0.717, 1.165) is 6.42 Å². The summed E-state index contributed by atoms with van der Waals surface area (Å²) < 4.78 is 26.4. The van der Waals surface area contributed by atoms with Gasteiger partial charge in [0.1, 0.15) is 0 Å². The van der Waals surface area contributed by atoms with E-state index >= 15 is 0 Å². The molecule has 0 radical (unpaired) electrons. The van der Waals surface area contributed by atoms with Crippen LogP contribution in [-0.4, -0.2) is 17.6 Å². The molecule has 0 saturated heterocycles. The lowest BCUT2D eigenvalue weighted by atomic mass is 9.78. The van der Waals surface area contributed by atoms with E-state index in [1.165, 1.54) is 0 Å². The first kappa shape index (κ1) is 9.90. The highest BCUT2D eigenvalue weighted by Crippen LogP contribution is 2.42. The summed E-state index contributed by atoms with van der Waals surface area (Å²) in [5.41, 5.74) is 0. The van der Waals surface area contributed by atoms with Crippen molar-refractivity contribution >= 4 is 0 Å². The van der Waals surface area contributed by atoms with Crippen LogP contribution in [0.2, 0.25) is 0 Å². The van der Waals surface area contributed by atoms with Crippen LogP contribution in [0.15, 0.2) is 0 Å². The van der Waals surface area contributed by atoms with Crippen LogP contribution in [-0.2, 0) is 0 Å². The summed E-state index contributed by atoms with van der Waals surface area (Å²) in [4.78, 5) is 0. The smallest absolute Gasteiger partial charge is 0.251 e. The van der Waals surface area contributed by atoms with E-state index in [9.17, 15) is 8.78 Å². The summed E-state index contributed by atoms with van der Waals surface area (Å²) in [5.74, 6) is -3.41. The molecule has 0 aromatic rings. The minimum absolute atomic E-state index is 0.00199. The van der Waals surface area contributed by atoms with Crippen molar-refractivity contribution in [3.05, 3.63) is 0 Å². The molecule has 0 aromatic heterocycles. The van der Waals surface area contributed by atoms with E-state index in [1.807, 2.05) is 0 Å². The van der Waals surface area contributed by atoms with E-state index < -0.39 is 11.8 Å². The Morgan fingerprint density at radius 2 is 2.17 bits per heavy atom. The lowest BCUT2D eigenvalue weighted by Crippen LogP contribution is -2.37. The first-order chi connectivity index (χ1) is 5.58. The summed E-state index contributed by atoms with van der Waals surface area (Å²) in [7, 11) is 0. The van der Waals surface area contributed by atoms with Gasteiger partial charge in [-0.15, -0.1) is 0 Å². The standard InChI is InChI=1S/C9H16F2O/c1-7(6-12)8-4-2-3-5-9(8,10)11/h7-8,12H,2-6H2,1H3. The highest BCUT2D eigenvalue weighted by Gasteiger charge is 2.43. The van der Waals surface area contributed by atoms with Crippen molar-refractivity contribution in [2.45, 2.75) is 38.5 Å². The highest BCUT2D eigenvalue weighted by atomic mass is 19.3. The molecule has 0 spiro atoms. The first-order valence-corrected chi connectivity index (χ1v) is 4.56. The third-order valence-electron chi connectivity index (χ3n) is 2.79. The van der Waals surface area contributed by atoms with Crippen LogP contribution in [0.25, 0.3) is 0 Å². The van der Waals surface area contributed by atoms with Gasteiger partial charge < -0.3 is 5.11 Å². The molecule has 1 nitrogen and oxygen atoms in total. The molecule has 1 saturated carbocycles. The van der Waals surface area contributed by atoms with Crippen molar-refractivity contribution in [2.24, 2.45) is 11.8 Å². The van der Waals surface area contributed by atoms with Gasteiger partial charge in [0.15, 0.2) is 0 Å². The van der Waals surface area contributed by atoms with E-state index in [2.05, 4.69) is 0 Å². The Morgan fingerprint density at radius 3 is 2.67 bits per heavy atom. The topological polar surface area (TPSA) is 20.2 Å². The summed E-state index contributed by atoms with van der Waals surface area (Å²) >= 11 is 0. The molecule has 1 aliphatic carbocycles. The van der Waals surface area contributed by atoms with Crippen LogP contribution in [0.5, 0.6) is 0 Å². The van der Waals surface area contributed by atoms with E-state index in [-0.39, 0.29) is 18.9 Å². The predicted molar refractivity (Wildman–Crippen MR) is 43.2 cm³/mol. The number of aliphatic hydroxyl groups excluding tert-OH is 1. The quantitative estimate of drug-likeness (QED) is 0.688. The molecule has 12 heavy (non-hydrogen) atoms. The van der Waals surface area contributed by atoms with Crippen molar-refractivity contribution in [3.63, 3.8) is 0 Å². The lowest BCUT2D eigenvalue weighted by Gasteiger charge is -2.34. The summed E-state index contributed by atoms with van der Waals surface area (Å²) in [6.07, 6.45) is 2.07. The number of rotatable bonds is 2. The normalized spacial score (nSPS) is 31.5. The number of alkyl halides is 2. The fraction of sp³-hybridized carbons (Fsp3) is 1.00. The van der Waals surface area contributed by atoms with Crippen LogP contribution in [0, 0.1) is 11.8 Å². The third-order valence-corrected chi connectivity index (χ3v) is 2.79. The zero-order valence-electron chi connectivity index (χ0n) is 7.39. The van der Waals surface area contributed by atoms with Crippen molar-refractivity contribution in [1.82, 2.24) is 0 Å². The van der Waals surface area contributed by atoms with Gasteiger partial charge in [0, 0.05) is 18.9 Å². The monoisotopic (exact) mass is 178 g/mol. The molecule has 1 fully saturated rings. The maximum absolute atomic E-state index is 13.2. The zero-order chi connectivity index (χ0) is 9.19. The minimum atomic E-state index is -2.54. The number of aliphatic hydroxyl groups is 1. The SMILES string of the molecule is CC(CO)C1CCCCC1(F)F. The second-order valence-corrected chi connectivity index (χ2v) is 3.77. The molecule has 2 unspecified atom stereocenters. The second kappa shape index (κ2) is 3.69. The summed E-state index contributed by atoms with van der Waals surface area (Å²) in [5, 5.41) is 8.79. The number of hydrogen-bond donors (Lipinski definition) is 1. The molecule has 0 amide bonds. The molecular formula is C9H16F2O. The molecule has 2 atom stereocenters. The number of halogens is 2. The fourth-order valence-electron chi connectivity index (χ4n) is 1.95. The molecular weight excluding hydrogens is 162 g/mol. The minimum Gasteiger partial charge on any atom is -0.396 e. The van der Waals surface area contributed by atoms with E-state index in [1.54, 1.807) is 6.92 Å². The van der Waals surface area contributed by atoms with E-state index in [0.29, 0.717) is 12.8 Å². The second-order valence-electron chi connectivity index (χ2n) is 3.77. The van der Waals surface area contributed by atoms with Gasteiger partial charge in [-0.2, -0.15) is 0 Å². The predicted octanol–water partition coefficient (Wildman–Crippen LogP) is 2.44. The van der Waals surface area contributed by atoms with E-state index in [4.69, 9.17) is 5.11 Å². The fourth-order valence-corrected chi connectivity index (χ4v) is 1.95. The van der Waals surface area contributed by atoms with Crippen molar-refractivity contribution in [1.29, 1.82) is 0 Å².